The number of carbonyl (C=O) groups is 2. The van der Waals surface area contributed by atoms with E-state index in [9.17, 15) is 22.4 Å². The molecule has 0 aliphatic heterocycles. The number of para-hydroxylation sites is 2. The van der Waals surface area contributed by atoms with Crippen molar-refractivity contribution in [2.45, 2.75) is 25.7 Å². The zero-order valence-electron chi connectivity index (χ0n) is 19.8. The Kier molecular flexibility index (Phi) is 8.24. The minimum absolute atomic E-state index is 0.0763. The summed E-state index contributed by atoms with van der Waals surface area (Å²) in [5.74, 6) is -1.65. The summed E-state index contributed by atoms with van der Waals surface area (Å²) in [6.45, 7) is 5.49. The van der Waals surface area contributed by atoms with E-state index >= 15 is 0 Å². The minimum atomic E-state index is -4.27. The molecule has 35 heavy (non-hydrogen) atoms. The topological polar surface area (TPSA) is 95.6 Å². The van der Waals surface area contributed by atoms with Crippen LogP contribution in [-0.2, 0) is 14.8 Å². The number of sulfonamides is 1. The van der Waals surface area contributed by atoms with Crippen LogP contribution in [0.3, 0.4) is 0 Å². The summed E-state index contributed by atoms with van der Waals surface area (Å²) in [5, 5.41) is 5.39. The fourth-order valence-corrected chi connectivity index (χ4v) is 4.72. The quantitative estimate of drug-likeness (QED) is 0.459. The molecule has 0 aliphatic rings. The fraction of sp³-hybridized carbons (Fsp3) is 0.231. The van der Waals surface area contributed by atoms with Crippen LogP contribution in [-0.4, -0.2) is 33.3 Å². The molecule has 0 heterocycles. The van der Waals surface area contributed by atoms with Gasteiger partial charge >= 0.3 is 0 Å². The third-order valence-corrected chi connectivity index (χ3v) is 6.91. The lowest BCUT2D eigenvalue weighted by atomic mass is 10.1. The highest BCUT2D eigenvalue weighted by Gasteiger charge is 2.29. The van der Waals surface area contributed by atoms with E-state index in [1.54, 1.807) is 36.4 Å². The molecule has 9 heteroatoms. The molecular weight excluding hydrogens is 469 g/mol. The summed E-state index contributed by atoms with van der Waals surface area (Å²) in [4.78, 5) is 25.5. The van der Waals surface area contributed by atoms with Gasteiger partial charge in [0.15, 0.2) is 0 Å². The van der Waals surface area contributed by atoms with Gasteiger partial charge in [-0.1, -0.05) is 55.8 Å². The molecule has 0 spiro atoms. The summed E-state index contributed by atoms with van der Waals surface area (Å²) in [7, 11) is -4.27. The van der Waals surface area contributed by atoms with Crippen LogP contribution < -0.4 is 14.9 Å². The molecule has 0 radical (unpaired) electrons. The van der Waals surface area contributed by atoms with Gasteiger partial charge in [0.1, 0.15) is 12.4 Å². The average Bonchev–Trinajstić information content (AvgIpc) is 2.82. The predicted octanol–water partition coefficient (Wildman–Crippen LogP) is 4.35. The highest BCUT2D eigenvalue weighted by molar-refractivity contribution is 7.92. The van der Waals surface area contributed by atoms with E-state index in [0.29, 0.717) is 6.54 Å². The first-order valence-electron chi connectivity index (χ1n) is 11.1. The summed E-state index contributed by atoms with van der Waals surface area (Å²) in [6.07, 6.45) is 0. The van der Waals surface area contributed by atoms with Gasteiger partial charge in [0.05, 0.1) is 21.8 Å². The second-order valence-corrected chi connectivity index (χ2v) is 10.3. The molecule has 3 rings (SSSR count). The Morgan fingerprint density at radius 1 is 0.943 bits per heavy atom. The molecular formula is C26H28FN3O4S. The Labute approximate surface area is 205 Å². The lowest BCUT2D eigenvalue weighted by Crippen LogP contribution is -2.39. The van der Waals surface area contributed by atoms with E-state index in [1.165, 1.54) is 30.3 Å². The lowest BCUT2D eigenvalue weighted by molar-refractivity contribution is -0.114. The number of hydrogen-bond acceptors (Lipinski definition) is 4. The number of benzene rings is 3. The number of rotatable bonds is 9. The Balaban J connectivity index is 1.91. The molecule has 0 aliphatic carbocycles. The van der Waals surface area contributed by atoms with Crippen LogP contribution in [0.2, 0.25) is 0 Å². The Hall–Kier alpha value is -3.72. The maximum Gasteiger partial charge on any atom is 0.264 e. The third-order valence-electron chi connectivity index (χ3n) is 5.13. The number of aryl methyl sites for hydroxylation is 1. The van der Waals surface area contributed by atoms with E-state index < -0.39 is 28.3 Å². The number of halogens is 1. The first-order valence-corrected chi connectivity index (χ1v) is 12.5. The molecule has 3 aromatic rings. The molecule has 0 saturated heterocycles. The highest BCUT2D eigenvalue weighted by Crippen LogP contribution is 2.26. The number of nitrogens with one attached hydrogen (secondary N) is 2. The Bertz CT molecular complexity index is 1310. The molecule has 0 unspecified atom stereocenters. The Morgan fingerprint density at radius 2 is 1.57 bits per heavy atom. The van der Waals surface area contributed by atoms with Crippen molar-refractivity contribution in [2.24, 2.45) is 5.92 Å². The summed E-state index contributed by atoms with van der Waals surface area (Å²) >= 11 is 0. The van der Waals surface area contributed by atoms with Gasteiger partial charge in [0.25, 0.3) is 15.9 Å². The van der Waals surface area contributed by atoms with Crippen molar-refractivity contribution in [3.05, 3.63) is 89.7 Å². The van der Waals surface area contributed by atoms with E-state index in [0.717, 1.165) is 15.9 Å². The average molecular weight is 498 g/mol. The van der Waals surface area contributed by atoms with Crippen molar-refractivity contribution in [1.82, 2.24) is 5.32 Å². The molecule has 184 valence electrons. The van der Waals surface area contributed by atoms with Gasteiger partial charge in [-0.15, -0.1) is 0 Å². The van der Waals surface area contributed by atoms with Gasteiger partial charge in [0, 0.05) is 6.54 Å². The van der Waals surface area contributed by atoms with E-state index in [2.05, 4.69) is 10.6 Å². The first kappa shape index (κ1) is 25.9. The van der Waals surface area contributed by atoms with Crippen LogP contribution in [0.15, 0.2) is 77.7 Å². The Morgan fingerprint density at radius 3 is 2.23 bits per heavy atom. The highest BCUT2D eigenvalue weighted by atomic mass is 32.2. The van der Waals surface area contributed by atoms with Crippen LogP contribution in [0.5, 0.6) is 0 Å². The van der Waals surface area contributed by atoms with Crippen LogP contribution in [0, 0.1) is 18.7 Å². The maximum absolute atomic E-state index is 14.7. The fourth-order valence-electron chi connectivity index (χ4n) is 3.29. The van der Waals surface area contributed by atoms with Crippen LogP contribution in [0.4, 0.5) is 15.8 Å². The molecule has 3 aromatic carbocycles. The molecule has 2 N–H and O–H groups in total. The number of amides is 2. The second kappa shape index (κ2) is 11.1. The summed E-state index contributed by atoms with van der Waals surface area (Å²) in [6, 6.07) is 17.8. The first-order chi connectivity index (χ1) is 16.6. The van der Waals surface area contributed by atoms with E-state index in [4.69, 9.17) is 0 Å². The predicted molar refractivity (Wildman–Crippen MR) is 134 cm³/mol. The van der Waals surface area contributed by atoms with Gasteiger partial charge in [-0.05, 0) is 49.2 Å². The molecule has 7 nitrogen and oxygen atoms in total. The summed E-state index contributed by atoms with van der Waals surface area (Å²) in [5.41, 5.74) is 1.05. The van der Waals surface area contributed by atoms with Gasteiger partial charge in [-0.3, -0.25) is 13.9 Å². The molecule has 0 fully saturated rings. The lowest BCUT2D eigenvalue weighted by Gasteiger charge is -2.24. The molecule has 0 bridgehead atoms. The van der Waals surface area contributed by atoms with Crippen LogP contribution in [0.1, 0.15) is 29.8 Å². The number of nitrogens with zero attached hydrogens (tertiary/aromatic N) is 1. The second-order valence-electron chi connectivity index (χ2n) is 8.47. The zero-order chi connectivity index (χ0) is 25.6. The van der Waals surface area contributed by atoms with E-state index in [-0.39, 0.29) is 33.7 Å². The maximum atomic E-state index is 14.7. The molecule has 2 amide bonds. The van der Waals surface area contributed by atoms with Crippen molar-refractivity contribution < 1.29 is 22.4 Å². The molecule has 0 saturated carbocycles. The van der Waals surface area contributed by atoms with Gasteiger partial charge in [0.2, 0.25) is 5.91 Å². The number of carbonyl (C=O) groups excluding carboxylic acids is 2. The number of hydrogen-bond donors (Lipinski definition) is 2. The van der Waals surface area contributed by atoms with Crippen molar-refractivity contribution in [3.63, 3.8) is 0 Å². The van der Waals surface area contributed by atoms with Gasteiger partial charge in [-0.25, -0.2) is 12.8 Å². The zero-order valence-corrected chi connectivity index (χ0v) is 20.6. The van der Waals surface area contributed by atoms with Crippen molar-refractivity contribution >= 4 is 33.2 Å². The number of anilines is 2. The van der Waals surface area contributed by atoms with Gasteiger partial charge < -0.3 is 10.6 Å². The van der Waals surface area contributed by atoms with Crippen molar-refractivity contribution in [2.75, 3.05) is 22.7 Å². The monoisotopic (exact) mass is 497 g/mol. The molecule has 0 aromatic heterocycles. The summed E-state index contributed by atoms with van der Waals surface area (Å²) < 4.78 is 42.2. The third kappa shape index (κ3) is 6.45. The SMILES string of the molecule is Cc1ccc(S(=O)(=O)N(CC(=O)Nc2ccccc2C(=O)NCC(C)C)c2ccccc2F)cc1. The molecule has 0 atom stereocenters. The van der Waals surface area contributed by atoms with Gasteiger partial charge in [-0.2, -0.15) is 0 Å². The van der Waals surface area contributed by atoms with Crippen molar-refractivity contribution in [1.29, 1.82) is 0 Å². The van der Waals surface area contributed by atoms with Crippen LogP contribution in [0.25, 0.3) is 0 Å². The van der Waals surface area contributed by atoms with Crippen LogP contribution >= 0.6 is 0 Å². The smallest absolute Gasteiger partial charge is 0.264 e. The largest absolute Gasteiger partial charge is 0.352 e. The standard InChI is InChI=1S/C26H28FN3O4S/c1-18(2)16-28-26(32)21-8-4-6-10-23(21)29-25(31)17-30(24-11-7-5-9-22(24)27)35(33,34)20-14-12-19(3)13-15-20/h4-15,18H,16-17H2,1-3H3,(H,28,32)(H,29,31). The van der Waals surface area contributed by atoms with Crippen molar-refractivity contribution in [3.8, 4) is 0 Å². The minimum Gasteiger partial charge on any atom is -0.352 e. The normalized spacial score (nSPS) is 11.2. The van der Waals surface area contributed by atoms with E-state index in [1.807, 2.05) is 20.8 Å².